The highest BCUT2D eigenvalue weighted by molar-refractivity contribution is 5.85. The monoisotopic (exact) mass is 313 g/mol. The minimum absolute atomic E-state index is 0. The molecule has 2 aromatic heterocycles. The van der Waals surface area contributed by atoms with Gasteiger partial charge in [-0.3, -0.25) is 9.20 Å². The average molecular weight is 314 g/mol. The second-order valence-corrected chi connectivity index (χ2v) is 4.49. The van der Waals surface area contributed by atoms with Crippen molar-refractivity contribution in [3.8, 4) is 0 Å². The van der Waals surface area contributed by atoms with Gasteiger partial charge < -0.3 is 10.6 Å². The highest BCUT2D eigenvalue weighted by Crippen LogP contribution is 1.95. The predicted octanol–water partition coefficient (Wildman–Crippen LogP) is 0.0336. The molecule has 0 unspecified atom stereocenters. The molecule has 0 atom stereocenters. The summed E-state index contributed by atoms with van der Waals surface area (Å²) in [6.07, 6.45) is 2.80. The molecule has 0 saturated heterocycles. The van der Waals surface area contributed by atoms with Crippen LogP contribution in [0.1, 0.15) is 12.8 Å². The van der Waals surface area contributed by atoms with Gasteiger partial charge in [0.15, 0.2) is 5.65 Å². The molecule has 0 saturated carbocycles. The summed E-state index contributed by atoms with van der Waals surface area (Å²) in [5.41, 5.74) is 0.371. The zero-order chi connectivity index (χ0) is 14.4. The number of fused-ring (bicyclic) bond motifs is 1. The summed E-state index contributed by atoms with van der Waals surface area (Å²) in [6.45, 7) is 1.80. The van der Waals surface area contributed by atoms with Gasteiger partial charge in [0.05, 0.1) is 6.54 Å². The third-order valence-electron chi connectivity index (χ3n) is 2.96. The SMILES string of the molecule is CNCCCNC(=O)CCn1nc2ccccn2c1=O.Cl. The highest BCUT2D eigenvalue weighted by atomic mass is 35.5. The summed E-state index contributed by atoms with van der Waals surface area (Å²) in [5, 5.41) is 10.00. The number of rotatable bonds is 7. The molecule has 0 spiro atoms. The average Bonchev–Trinajstić information content (AvgIpc) is 2.78. The molecular formula is C13H20ClN5O2. The van der Waals surface area contributed by atoms with Crippen LogP contribution in [0.4, 0.5) is 0 Å². The van der Waals surface area contributed by atoms with E-state index in [4.69, 9.17) is 0 Å². The molecule has 0 aliphatic rings. The van der Waals surface area contributed by atoms with Gasteiger partial charge in [0.1, 0.15) is 0 Å². The zero-order valence-electron chi connectivity index (χ0n) is 11.9. The Morgan fingerprint density at radius 2 is 2.14 bits per heavy atom. The van der Waals surface area contributed by atoms with Crippen molar-refractivity contribution in [2.75, 3.05) is 20.1 Å². The molecule has 0 bridgehead atoms. The lowest BCUT2D eigenvalue weighted by Crippen LogP contribution is -2.29. The van der Waals surface area contributed by atoms with Gasteiger partial charge in [-0.15, -0.1) is 17.5 Å². The van der Waals surface area contributed by atoms with Gasteiger partial charge in [0, 0.05) is 19.2 Å². The number of aryl methyl sites for hydroxylation is 1. The van der Waals surface area contributed by atoms with Crippen LogP contribution in [-0.2, 0) is 11.3 Å². The first-order chi connectivity index (χ1) is 9.72. The van der Waals surface area contributed by atoms with E-state index in [0.717, 1.165) is 13.0 Å². The number of halogens is 1. The molecule has 21 heavy (non-hydrogen) atoms. The Balaban J connectivity index is 0.00000220. The lowest BCUT2D eigenvalue weighted by atomic mass is 10.3. The molecule has 2 rings (SSSR count). The van der Waals surface area contributed by atoms with E-state index in [2.05, 4.69) is 15.7 Å². The normalized spacial score (nSPS) is 10.3. The lowest BCUT2D eigenvalue weighted by Gasteiger charge is -2.04. The van der Waals surface area contributed by atoms with Gasteiger partial charge in [0.25, 0.3) is 0 Å². The summed E-state index contributed by atoms with van der Waals surface area (Å²) < 4.78 is 2.79. The van der Waals surface area contributed by atoms with Crippen LogP contribution in [0.25, 0.3) is 5.65 Å². The maximum Gasteiger partial charge on any atom is 0.350 e. The molecule has 116 valence electrons. The van der Waals surface area contributed by atoms with Crippen LogP contribution in [-0.4, -0.2) is 40.2 Å². The van der Waals surface area contributed by atoms with Gasteiger partial charge in [-0.25, -0.2) is 9.48 Å². The summed E-state index contributed by atoms with van der Waals surface area (Å²) in [7, 11) is 1.87. The smallest absolute Gasteiger partial charge is 0.350 e. The fraction of sp³-hybridized carbons (Fsp3) is 0.462. The van der Waals surface area contributed by atoms with Gasteiger partial charge in [0.2, 0.25) is 5.91 Å². The van der Waals surface area contributed by atoms with Gasteiger partial charge in [-0.1, -0.05) is 6.07 Å². The molecule has 0 radical (unpaired) electrons. The van der Waals surface area contributed by atoms with Gasteiger partial charge in [-0.05, 0) is 32.1 Å². The Kier molecular flexibility index (Phi) is 6.90. The van der Waals surface area contributed by atoms with Crippen molar-refractivity contribution in [3.63, 3.8) is 0 Å². The Morgan fingerprint density at radius 3 is 2.86 bits per heavy atom. The molecular weight excluding hydrogens is 294 g/mol. The van der Waals surface area contributed by atoms with Crippen LogP contribution in [0.5, 0.6) is 0 Å². The Morgan fingerprint density at radius 1 is 1.33 bits per heavy atom. The van der Waals surface area contributed by atoms with Crippen LogP contribution in [0.15, 0.2) is 29.2 Å². The first-order valence-electron chi connectivity index (χ1n) is 6.68. The van der Waals surface area contributed by atoms with Crippen molar-refractivity contribution in [3.05, 3.63) is 34.9 Å². The number of aromatic nitrogens is 3. The van der Waals surface area contributed by atoms with Gasteiger partial charge in [-0.2, -0.15) is 0 Å². The van der Waals surface area contributed by atoms with Crippen LogP contribution >= 0.6 is 12.4 Å². The van der Waals surface area contributed by atoms with E-state index in [9.17, 15) is 9.59 Å². The van der Waals surface area contributed by atoms with Crippen LogP contribution in [0, 0.1) is 0 Å². The Hall–Kier alpha value is -1.86. The molecule has 0 aromatic carbocycles. The lowest BCUT2D eigenvalue weighted by molar-refractivity contribution is -0.121. The topological polar surface area (TPSA) is 80.4 Å². The van der Waals surface area contributed by atoms with Crippen molar-refractivity contribution in [1.82, 2.24) is 24.8 Å². The molecule has 1 amide bonds. The number of pyridine rings is 1. The summed E-state index contributed by atoms with van der Waals surface area (Å²) >= 11 is 0. The van der Waals surface area contributed by atoms with E-state index in [1.807, 2.05) is 13.1 Å². The van der Waals surface area contributed by atoms with E-state index in [-0.39, 0.29) is 30.4 Å². The third-order valence-corrected chi connectivity index (χ3v) is 2.96. The van der Waals surface area contributed by atoms with Gasteiger partial charge >= 0.3 is 5.69 Å². The van der Waals surface area contributed by atoms with E-state index >= 15 is 0 Å². The maximum absolute atomic E-state index is 12.0. The number of hydrogen-bond acceptors (Lipinski definition) is 4. The summed E-state index contributed by atoms with van der Waals surface area (Å²) in [6, 6.07) is 5.35. The minimum atomic E-state index is -0.219. The molecule has 7 nitrogen and oxygen atoms in total. The molecule has 2 heterocycles. The number of hydrogen-bond donors (Lipinski definition) is 2. The molecule has 2 aromatic rings. The first kappa shape index (κ1) is 17.2. The molecule has 0 fully saturated rings. The van der Waals surface area contributed by atoms with E-state index in [1.165, 1.54) is 9.08 Å². The quantitative estimate of drug-likeness (QED) is 0.707. The fourth-order valence-electron chi connectivity index (χ4n) is 1.90. The van der Waals surface area contributed by atoms with Crippen molar-refractivity contribution in [1.29, 1.82) is 0 Å². The first-order valence-corrected chi connectivity index (χ1v) is 6.68. The van der Waals surface area contributed by atoms with Crippen LogP contribution in [0.3, 0.4) is 0 Å². The molecule has 2 N–H and O–H groups in total. The predicted molar refractivity (Wildman–Crippen MR) is 82.9 cm³/mol. The Bertz CT molecular complexity index is 637. The fourth-order valence-corrected chi connectivity index (χ4v) is 1.90. The molecule has 8 heteroatoms. The third kappa shape index (κ3) is 4.57. The molecule has 0 aliphatic heterocycles. The number of carbonyl (C=O) groups excluding carboxylic acids is 1. The van der Waals surface area contributed by atoms with Crippen molar-refractivity contribution >= 4 is 24.0 Å². The minimum Gasteiger partial charge on any atom is -0.356 e. The van der Waals surface area contributed by atoms with E-state index in [1.54, 1.807) is 18.3 Å². The van der Waals surface area contributed by atoms with Crippen LogP contribution < -0.4 is 16.3 Å². The maximum atomic E-state index is 12.0. The highest BCUT2D eigenvalue weighted by Gasteiger charge is 2.07. The van der Waals surface area contributed by atoms with Crippen LogP contribution in [0.2, 0.25) is 0 Å². The second-order valence-electron chi connectivity index (χ2n) is 4.49. The number of amides is 1. The van der Waals surface area contributed by atoms with E-state index in [0.29, 0.717) is 18.7 Å². The van der Waals surface area contributed by atoms with E-state index < -0.39 is 0 Å². The standard InChI is InChI=1S/C13H19N5O2.ClH/c1-14-7-4-8-15-12(19)6-10-18-13(20)17-9-3-2-5-11(17)16-18;/h2-3,5,9,14H,4,6-8,10H2,1H3,(H,15,19);1H. The largest absolute Gasteiger partial charge is 0.356 e. The number of carbonyl (C=O) groups is 1. The van der Waals surface area contributed by atoms with Crippen molar-refractivity contribution in [2.24, 2.45) is 0 Å². The number of nitrogens with one attached hydrogen (secondary N) is 2. The van der Waals surface area contributed by atoms with Crippen molar-refractivity contribution < 1.29 is 4.79 Å². The molecule has 0 aliphatic carbocycles. The number of nitrogens with zero attached hydrogens (tertiary/aromatic N) is 3. The Labute approximate surface area is 128 Å². The second kappa shape index (κ2) is 8.43. The summed E-state index contributed by atoms with van der Waals surface area (Å²) in [5.74, 6) is -0.0648. The van der Waals surface area contributed by atoms with Crippen molar-refractivity contribution in [2.45, 2.75) is 19.4 Å². The zero-order valence-corrected chi connectivity index (χ0v) is 12.7. The summed E-state index contributed by atoms with van der Waals surface area (Å²) in [4.78, 5) is 23.6.